The Morgan fingerprint density at radius 2 is 1.85 bits per heavy atom. The van der Waals surface area contributed by atoms with E-state index < -0.39 is 29.2 Å². The minimum atomic E-state index is -1.32. The predicted octanol–water partition coefficient (Wildman–Crippen LogP) is 2.40. The first kappa shape index (κ1) is 18.8. The van der Waals surface area contributed by atoms with Gasteiger partial charge in [-0.05, 0) is 44.2 Å². The number of halogens is 2. The van der Waals surface area contributed by atoms with E-state index in [0.29, 0.717) is 11.4 Å². The fourth-order valence-electron chi connectivity index (χ4n) is 2.81. The number of aliphatic hydroxyl groups is 1. The van der Waals surface area contributed by atoms with E-state index in [-0.39, 0.29) is 23.6 Å². The molecule has 0 bridgehead atoms. The fourth-order valence-corrected chi connectivity index (χ4v) is 2.81. The molecule has 0 aliphatic carbocycles. The monoisotopic (exact) mass is 375 g/mol. The van der Waals surface area contributed by atoms with Crippen LogP contribution in [0, 0.1) is 11.6 Å². The van der Waals surface area contributed by atoms with Crippen LogP contribution < -0.4 is 16.0 Å². The zero-order valence-electron chi connectivity index (χ0n) is 14.8. The standard InChI is InChI=1S/C19H19F2N3O3/c1-19(2,27)16-18(26)24-14-7-6-10(8-15(14)23-16)17(25)22-9-11-12(20)4-3-5-13(11)21/h3-8,16,23,27H,9H2,1-2H3,(H,22,25)(H,24,26)/t16-/m1/s1. The third kappa shape index (κ3) is 3.90. The van der Waals surface area contributed by atoms with E-state index in [1.165, 1.54) is 32.0 Å². The van der Waals surface area contributed by atoms with Gasteiger partial charge in [0.2, 0.25) is 5.91 Å². The highest BCUT2D eigenvalue weighted by Crippen LogP contribution is 2.30. The average Bonchev–Trinajstić information content (AvgIpc) is 2.59. The van der Waals surface area contributed by atoms with Crippen LogP contribution in [0.4, 0.5) is 20.2 Å². The Morgan fingerprint density at radius 1 is 1.19 bits per heavy atom. The lowest BCUT2D eigenvalue weighted by Gasteiger charge is -2.34. The summed E-state index contributed by atoms with van der Waals surface area (Å²) in [5.41, 5.74) is -0.369. The van der Waals surface area contributed by atoms with Crippen LogP contribution in [-0.4, -0.2) is 28.6 Å². The van der Waals surface area contributed by atoms with Gasteiger partial charge >= 0.3 is 0 Å². The van der Waals surface area contributed by atoms with Crippen LogP contribution in [0.5, 0.6) is 0 Å². The second-order valence-electron chi connectivity index (χ2n) is 6.86. The molecule has 0 saturated heterocycles. The van der Waals surface area contributed by atoms with Crippen molar-refractivity contribution in [1.29, 1.82) is 0 Å². The summed E-state index contributed by atoms with van der Waals surface area (Å²) in [6.45, 7) is 2.69. The molecule has 1 atom stereocenters. The molecule has 1 aliphatic rings. The van der Waals surface area contributed by atoms with Crippen LogP contribution in [0.3, 0.4) is 0 Å². The molecule has 0 aromatic heterocycles. The minimum Gasteiger partial charge on any atom is -0.388 e. The molecule has 6 nitrogen and oxygen atoms in total. The lowest BCUT2D eigenvalue weighted by Crippen LogP contribution is -2.52. The molecule has 2 aromatic rings. The molecule has 8 heteroatoms. The maximum atomic E-state index is 13.7. The molecule has 2 amide bonds. The van der Waals surface area contributed by atoms with E-state index in [1.807, 2.05) is 0 Å². The summed E-state index contributed by atoms with van der Waals surface area (Å²) in [5, 5.41) is 18.2. The first-order valence-electron chi connectivity index (χ1n) is 8.32. The number of rotatable bonds is 4. The highest BCUT2D eigenvalue weighted by atomic mass is 19.1. The summed E-state index contributed by atoms with van der Waals surface area (Å²) in [4.78, 5) is 24.4. The molecular weight excluding hydrogens is 356 g/mol. The molecule has 142 valence electrons. The second kappa shape index (κ2) is 6.96. The summed E-state index contributed by atoms with van der Waals surface area (Å²) in [5.74, 6) is -2.39. The van der Waals surface area contributed by atoms with Crippen LogP contribution in [0.1, 0.15) is 29.8 Å². The smallest absolute Gasteiger partial charge is 0.251 e. The maximum absolute atomic E-state index is 13.7. The highest BCUT2D eigenvalue weighted by molar-refractivity contribution is 6.05. The number of fused-ring (bicyclic) bond motifs is 1. The van der Waals surface area contributed by atoms with Crippen LogP contribution in [-0.2, 0) is 11.3 Å². The number of hydrogen-bond donors (Lipinski definition) is 4. The van der Waals surface area contributed by atoms with Crippen molar-refractivity contribution >= 4 is 23.2 Å². The Hall–Kier alpha value is -3.00. The number of carbonyl (C=O) groups excluding carboxylic acids is 2. The number of benzene rings is 2. The zero-order valence-corrected chi connectivity index (χ0v) is 14.8. The lowest BCUT2D eigenvalue weighted by molar-refractivity contribution is -0.121. The van der Waals surface area contributed by atoms with Gasteiger partial charge in [-0.1, -0.05) is 6.07 Å². The van der Waals surface area contributed by atoms with Crippen molar-refractivity contribution in [3.8, 4) is 0 Å². The molecule has 3 rings (SSSR count). The highest BCUT2D eigenvalue weighted by Gasteiger charge is 2.37. The Labute approximate surface area is 154 Å². The van der Waals surface area contributed by atoms with Crippen molar-refractivity contribution in [2.45, 2.75) is 32.0 Å². The van der Waals surface area contributed by atoms with E-state index in [0.717, 1.165) is 12.1 Å². The molecule has 1 heterocycles. The summed E-state index contributed by atoms with van der Waals surface area (Å²) in [6, 6.07) is 7.12. The van der Waals surface area contributed by atoms with E-state index >= 15 is 0 Å². The first-order valence-corrected chi connectivity index (χ1v) is 8.32. The molecule has 0 radical (unpaired) electrons. The molecule has 0 unspecified atom stereocenters. The van der Waals surface area contributed by atoms with Crippen molar-refractivity contribution < 1.29 is 23.5 Å². The molecule has 4 N–H and O–H groups in total. The molecular formula is C19H19F2N3O3. The predicted molar refractivity (Wildman–Crippen MR) is 96.3 cm³/mol. The van der Waals surface area contributed by atoms with Gasteiger partial charge in [0.1, 0.15) is 17.7 Å². The molecule has 2 aromatic carbocycles. The van der Waals surface area contributed by atoms with E-state index in [1.54, 1.807) is 6.07 Å². The van der Waals surface area contributed by atoms with Gasteiger partial charge in [0.25, 0.3) is 5.91 Å². The topological polar surface area (TPSA) is 90.5 Å². The van der Waals surface area contributed by atoms with Gasteiger partial charge in [-0.3, -0.25) is 9.59 Å². The quantitative estimate of drug-likeness (QED) is 0.661. The Balaban J connectivity index is 1.77. The van der Waals surface area contributed by atoms with Crippen LogP contribution >= 0.6 is 0 Å². The Kier molecular flexibility index (Phi) is 4.84. The molecule has 0 fully saturated rings. The summed E-state index contributed by atoms with van der Waals surface area (Å²) in [6.07, 6.45) is 0. The third-order valence-corrected chi connectivity index (χ3v) is 4.30. The molecule has 1 aliphatic heterocycles. The zero-order chi connectivity index (χ0) is 19.8. The SMILES string of the molecule is CC(C)(O)[C@@H]1Nc2cc(C(=O)NCc3c(F)cccc3F)ccc2NC1=O. The van der Waals surface area contributed by atoms with Crippen molar-refractivity contribution in [3.63, 3.8) is 0 Å². The van der Waals surface area contributed by atoms with E-state index in [9.17, 15) is 23.5 Å². The van der Waals surface area contributed by atoms with Crippen molar-refractivity contribution in [2.75, 3.05) is 10.6 Å². The van der Waals surface area contributed by atoms with Crippen molar-refractivity contribution in [2.24, 2.45) is 0 Å². The van der Waals surface area contributed by atoms with Gasteiger partial charge < -0.3 is 21.1 Å². The second-order valence-corrected chi connectivity index (χ2v) is 6.86. The molecule has 0 saturated carbocycles. The van der Waals surface area contributed by atoms with Gasteiger partial charge in [-0.25, -0.2) is 8.78 Å². The Morgan fingerprint density at radius 3 is 2.48 bits per heavy atom. The number of anilines is 2. The normalized spacial score (nSPS) is 16.2. The van der Waals surface area contributed by atoms with Gasteiger partial charge in [-0.2, -0.15) is 0 Å². The number of carbonyl (C=O) groups is 2. The van der Waals surface area contributed by atoms with Crippen LogP contribution in [0.25, 0.3) is 0 Å². The van der Waals surface area contributed by atoms with Gasteiger partial charge in [0.15, 0.2) is 0 Å². The van der Waals surface area contributed by atoms with Crippen LogP contribution in [0.2, 0.25) is 0 Å². The van der Waals surface area contributed by atoms with Gasteiger partial charge in [0, 0.05) is 17.7 Å². The van der Waals surface area contributed by atoms with Gasteiger partial charge in [-0.15, -0.1) is 0 Å². The van der Waals surface area contributed by atoms with Crippen LogP contribution in [0.15, 0.2) is 36.4 Å². The Bertz CT molecular complexity index is 889. The third-order valence-electron chi connectivity index (χ3n) is 4.30. The average molecular weight is 375 g/mol. The van der Waals surface area contributed by atoms with Gasteiger partial charge in [0.05, 0.1) is 17.0 Å². The largest absolute Gasteiger partial charge is 0.388 e. The maximum Gasteiger partial charge on any atom is 0.251 e. The summed E-state index contributed by atoms with van der Waals surface area (Å²) < 4.78 is 27.3. The lowest BCUT2D eigenvalue weighted by atomic mass is 9.95. The minimum absolute atomic E-state index is 0.226. The van der Waals surface area contributed by atoms with E-state index in [4.69, 9.17) is 0 Å². The summed E-state index contributed by atoms with van der Waals surface area (Å²) >= 11 is 0. The van der Waals surface area contributed by atoms with Crippen molar-refractivity contribution in [1.82, 2.24) is 5.32 Å². The van der Waals surface area contributed by atoms with E-state index in [2.05, 4.69) is 16.0 Å². The number of nitrogens with one attached hydrogen (secondary N) is 3. The summed E-state index contributed by atoms with van der Waals surface area (Å²) in [7, 11) is 0. The fraction of sp³-hybridized carbons (Fsp3) is 0.263. The molecule has 27 heavy (non-hydrogen) atoms. The number of hydrogen-bond acceptors (Lipinski definition) is 4. The number of amides is 2. The first-order chi connectivity index (χ1) is 12.7. The molecule has 0 spiro atoms. The van der Waals surface area contributed by atoms with Crippen molar-refractivity contribution in [3.05, 3.63) is 59.2 Å².